The first-order chi connectivity index (χ1) is 11.2. The van der Waals surface area contributed by atoms with Crippen molar-refractivity contribution in [3.05, 3.63) is 81.9 Å². The molecule has 5 heteroatoms. The molecular formula is C18H18N4S. The van der Waals surface area contributed by atoms with E-state index in [-0.39, 0.29) is 0 Å². The molecule has 116 valence electrons. The summed E-state index contributed by atoms with van der Waals surface area (Å²) in [6.07, 6.45) is 3.49. The average molecular weight is 322 g/mol. The van der Waals surface area contributed by atoms with Crippen molar-refractivity contribution in [3.63, 3.8) is 0 Å². The van der Waals surface area contributed by atoms with E-state index in [0.29, 0.717) is 4.77 Å². The van der Waals surface area contributed by atoms with Gasteiger partial charge in [-0.25, -0.2) is 0 Å². The number of hydrogen-bond acceptors (Lipinski definition) is 3. The van der Waals surface area contributed by atoms with Crippen molar-refractivity contribution in [1.29, 1.82) is 0 Å². The molecule has 4 nitrogen and oxygen atoms in total. The van der Waals surface area contributed by atoms with Crippen LogP contribution >= 0.6 is 12.2 Å². The second-order valence-electron chi connectivity index (χ2n) is 5.40. The number of benzene rings is 2. The molecule has 0 bridgehead atoms. The van der Waals surface area contributed by atoms with Gasteiger partial charge in [0.1, 0.15) is 0 Å². The topological polar surface area (TPSA) is 46.0 Å². The van der Waals surface area contributed by atoms with Gasteiger partial charge in [-0.3, -0.25) is 5.10 Å². The molecule has 0 saturated heterocycles. The smallest absolute Gasteiger partial charge is 0.216 e. The van der Waals surface area contributed by atoms with Crippen LogP contribution in [0.25, 0.3) is 0 Å². The maximum atomic E-state index is 5.28. The maximum Gasteiger partial charge on any atom is 0.216 e. The number of aryl methyl sites for hydroxylation is 3. The minimum absolute atomic E-state index is 0.511. The lowest BCUT2D eigenvalue weighted by Crippen LogP contribution is -2.01. The zero-order chi connectivity index (χ0) is 16.1. The molecule has 0 unspecified atom stereocenters. The van der Waals surface area contributed by atoms with Gasteiger partial charge in [-0.05, 0) is 36.7 Å². The van der Waals surface area contributed by atoms with E-state index >= 15 is 0 Å². The lowest BCUT2D eigenvalue weighted by molar-refractivity contribution is 0.750. The van der Waals surface area contributed by atoms with Crippen LogP contribution in [0, 0.1) is 11.7 Å². The van der Waals surface area contributed by atoms with Crippen LogP contribution in [0.2, 0.25) is 0 Å². The molecular weight excluding hydrogens is 304 g/mol. The molecule has 0 radical (unpaired) electrons. The Hall–Kier alpha value is -2.53. The number of aromatic amines is 1. The molecule has 0 amide bonds. The van der Waals surface area contributed by atoms with Crippen LogP contribution in [0.1, 0.15) is 22.5 Å². The number of rotatable bonds is 5. The molecule has 3 rings (SSSR count). The zero-order valence-corrected chi connectivity index (χ0v) is 13.8. The van der Waals surface area contributed by atoms with Crippen LogP contribution in [0.15, 0.2) is 59.7 Å². The summed E-state index contributed by atoms with van der Waals surface area (Å²) in [5.74, 6) is 0.836. The van der Waals surface area contributed by atoms with E-state index < -0.39 is 0 Å². The Morgan fingerprint density at radius 1 is 1.13 bits per heavy atom. The third kappa shape index (κ3) is 4.02. The second-order valence-corrected chi connectivity index (χ2v) is 5.79. The normalized spacial score (nSPS) is 11.2. The van der Waals surface area contributed by atoms with Gasteiger partial charge in [-0.15, -0.1) is 0 Å². The van der Waals surface area contributed by atoms with Gasteiger partial charge in [-0.2, -0.15) is 14.9 Å². The van der Waals surface area contributed by atoms with Crippen molar-refractivity contribution in [3.8, 4) is 0 Å². The number of nitrogens with zero attached hydrogens (tertiary/aromatic N) is 3. The maximum absolute atomic E-state index is 5.28. The molecule has 23 heavy (non-hydrogen) atoms. The largest absolute Gasteiger partial charge is 0.250 e. The lowest BCUT2D eigenvalue weighted by atomic mass is 10.1. The Balaban J connectivity index is 1.77. The molecule has 2 aromatic carbocycles. The number of aromatic nitrogens is 3. The monoisotopic (exact) mass is 322 g/mol. The lowest BCUT2D eigenvalue weighted by Gasteiger charge is -2.02. The summed E-state index contributed by atoms with van der Waals surface area (Å²) >= 11 is 5.28. The van der Waals surface area contributed by atoms with Crippen LogP contribution in [0.4, 0.5) is 0 Å². The van der Waals surface area contributed by atoms with Crippen LogP contribution in [-0.4, -0.2) is 21.1 Å². The molecule has 0 aliphatic heterocycles. The Bertz CT molecular complexity index is 862. The summed E-state index contributed by atoms with van der Waals surface area (Å²) in [4.78, 5) is 0. The predicted octanol–water partition coefficient (Wildman–Crippen LogP) is 3.92. The zero-order valence-electron chi connectivity index (χ0n) is 12.9. The van der Waals surface area contributed by atoms with E-state index in [2.05, 4.69) is 46.5 Å². The summed E-state index contributed by atoms with van der Waals surface area (Å²) in [6, 6.07) is 18.5. The van der Waals surface area contributed by atoms with Gasteiger partial charge in [0, 0.05) is 6.42 Å². The van der Waals surface area contributed by atoms with Crippen molar-refractivity contribution in [2.24, 2.45) is 5.10 Å². The molecule has 3 aromatic rings. The first-order valence-corrected chi connectivity index (χ1v) is 7.94. The second kappa shape index (κ2) is 7.15. The van der Waals surface area contributed by atoms with Gasteiger partial charge in [0.25, 0.3) is 0 Å². The third-order valence-corrected chi connectivity index (χ3v) is 3.83. The summed E-state index contributed by atoms with van der Waals surface area (Å²) in [5, 5.41) is 11.6. The average Bonchev–Trinajstić information content (AvgIpc) is 2.92. The highest BCUT2D eigenvalue weighted by atomic mass is 32.1. The molecule has 0 spiro atoms. The van der Waals surface area contributed by atoms with Crippen LogP contribution < -0.4 is 0 Å². The van der Waals surface area contributed by atoms with Gasteiger partial charge in [0.2, 0.25) is 4.77 Å². The van der Waals surface area contributed by atoms with Crippen molar-refractivity contribution in [2.75, 3.05) is 0 Å². The number of nitrogens with one attached hydrogen (secondary N) is 1. The first-order valence-electron chi connectivity index (χ1n) is 7.53. The summed E-state index contributed by atoms with van der Waals surface area (Å²) in [6.45, 7) is 2.06. The minimum atomic E-state index is 0.511. The van der Waals surface area contributed by atoms with Gasteiger partial charge >= 0.3 is 0 Å². The van der Waals surface area contributed by atoms with Gasteiger partial charge in [0.05, 0.1) is 6.21 Å². The van der Waals surface area contributed by atoms with E-state index in [9.17, 15) is 0 Å². The highest BCUT2D eigenvalue weighted by Crippen LogP contribution is 2.07. The predicted molar refractivity (Wildman–Crippen MR) is 95.4 cm³/mol. The Morgan fingerprint density at radius 2 is 1.96 bits per heavy atom. The fraction of sp³-hybridized carbons (Fsp3) is 0.167. The summed E-state index contributed by atoms with van der Waals surface area (Å²) in [5.41, 5.74) is 3.52. The Labute approximate surface area is 140 Å². The Kier molecular flexibility index (Phi) is 4.78. The van der Waals surface area contributed by atoms with Gasteiger partial charge in [-0.1, -0.05) is 60.2 Å². The first kappa shape index (κ1) is 15.4. The van der Waals surface area contributed by atoms with Crippen molar-refractivity contribution >= 4 is 18.4 Å². The minimum Gasteiger partial charge on any atom is -0.250 e. The molecule has 0 aliphatic carbocycles. The summed E-state index contributed by atoms with van der Waals surface area (Å²) in [7, 11) is 0. The Morgan fingerprint density at radius 3 is 2.74 bits per heavy atom. The fourth-order valence-electron chi connectivity index (χ4n) is 2.38. The molecule has 0 atom stereocenters. The number of hydrogen-bond donors (Lipinski definition) is 1. The third-order valence-electron chi connectivity index (χ3n) is 3.56. The quantitative estimate of drug-likeness (QED) is 0.572. The van der Waals surface area contributed by atoms with Crippen molar-refractivity contribution in [2.45, 2.75) is 19.8 Å². The van der Waals surface area contributed by atoms with Crippen LogP contribution in [0.3, 0.4) is 0 Å². The number of H-pyrrole nitrogens is 1. The van der Waals surface area contributed by atoms with E-state index in [1.54, 1.807) is 4.68 Å². The molecule has 0 fully saturated rings. The highest BCUT2D eigenvalue weighted by molar-refractivity contribution is 7.71. The van der Waals surface area contributed by atoms with Gasteiger partial charge < -0.3 is 0 Å². The van der Waals surface area contributed by atoms with E-state index in [4.69, 9.17) is 12.2 Å². The molecule has 0 saturated carbocycles. The van der Waals surface area contributed by atoms with Crippen molar-refractivity contribution in [1.82, 2.24) is 14.9 Å². The van der Waals surface area contributed by atoms with E-state index in [1.165, 1.54) is 11.1 Å². The molecule has 0 aliphatic rings. The standard InChI is InChI=1S/C18H18N4S/c1-14-6-5-9-16(12-14)13-19-22-17(20-21-18(22)23)11-10-15-7-3-2-4-8-15/h2-9,12-13H,10-11H2,1H3,(H,21,23)/b19-13-. The van der Waals surface area contributed by atoms with E-state index in [0.717, 1.165) is 24.2 Å². The summed E-state index contributed by atoms with van der Waals surface area (Å²) < 4.78 is 2.21. The highest BCUT2D eigenvalue weighted by Gasteiger charge is 2.05. The van der Waals surface area contributed by atoms with E-state index in [1.807, 2.05) is 36.5 Å². The van der Waals surface area contributed by atoms with Crippen LogP contribution in [-0.2, 0) is 12.8 Å². The molecule has 1 heterocycles. The van der Waals surface area contributed by atoms with Crippen LogP contribution in [0.5, 0.6) is 0 Å². The molecule has 1 N–H and O–H groups in total. The SMILES string of the molecule is Cc1cccc(/C=N\n2c(CCc3ccccc3)n[nH]c2=S)c1. The molecule has 1 aromatic heterocycles. The fourth-order valence-corrected chi connectivity index (χ4v) is 2.58. The van der Waals surface area contributed by atoms with Crippen molar-refractivity contribution < 1.29 is 0 Å². The van der Waals surface area contributed by atoms with Gasteiger partial charge in [0.15, 0.2) is 5.82 Å².